The Balaban J connectivity index is 0.000000976. The first-order valence-electron chi connectivity index (χ1n) is 18.9. The number of carbonyl (C=O) groups is 7. The van der Waals surface area contributed by atoms with Crippen LogP contribution in [0.1, 0.15) is 90.7 Å². The Hall–Kier alpha value is -4.86. The first-order chi connectivity index (χ1) is 26.6. The van der Waals surface area contributed by atoms with Gasteiger partial charge in [0.25, 0.3) is 0 Å². The lowest BCUT2D eigenvalue weighted by atomic mass is 9.85. The molecule has 2 aliphatic carbocycles. The van der Waals surface area contributed by atoms with E-state index >= 15 is 0 Å². The highest BCUT2D eigenvalue weighted by Gasteiger charge is 2.60. The second-order valence-electron chi connectivity index (χ2n) is 15.1. The third kappa shape index (κ3) is 12.3. The van der Waals surface area contributed by atoms with Crippen LogP contribution >= 0.6 is 0 Å². The van der Waals surface area contributed by atoms with E-state index in [-0.39, 0.29) is 44.0 Å². The summed E-state index contributed by atoms with van der Waals surface area (Å²) in [6.07, 6.45) is 4.74. The number of nitrogens with one attached hydrogen (secondary N) is 3. The zero-order valence-corrected chi connectivity index (χ0v) is 33.8. The second-order valence-corrected chi connectivity index (χ2v) is 15.1. The average Bonchev–Trinajstić information content (AvgIpc) is 3.57. The molecule has 312 valence electrons. The maximum Gasteiger partial charge on any atom is 0.410 e. The van der Waals surface area contributed by atoms with Crippen LogP contribution in [0.3, 0.4) is 0 Å². The van der Waals surface area contributed by atoms with E-state index < -0.39 is 59.0 Å². The molecule has 0 aromatic heterocycles. The molecule has 1 aromatic carbocycles. The minimum atomic E-state index is -1.20. The molecule has 15 nitrogen and oxygen atoms in total. The summed E-state index contributed by atoms with van der Waals surface area (Å²) in [6, 6.07) is 2.48. The Morgan fingerprint density at radius 2 is 1.71 bits per heavy atom. The minimum absolute atomic E-state index is 0.0373. The largest absolute Gasteiger partial charge is 0.446 e. The highest BCUT2D eigenvalue weighted by Crippen LogP contribution is 2.45. The van der Waals surface area contributed by atoms with Gasteiger partial charge in [0.1, 0.15) is 48.7 Å². The molecular formula is C40H60FN5O10. The third-order valence-corrected chi connectivity index (χ3v) is 9.94. The summed E-state index contributed by atoms with van der Waals surface area (Å²) in [5, 5.41) is 8.15. The number of methoxy groups -OCH3 is 1. The van der Waals surface area contributed by atoms with Crippen LogP contribution in [0.2, 0.25) is 0 Å². The Morgan fingerprint density at radius 3 is 2.21 bits per heavy atom. The second kappa shape index (κ2) is 22.0. The van der Waals surface area contributed by atoms with Crippen molar-refractivity contribution in [3.8, 4) is 0 Å². The molecule has 5 atom stereocenters. The van der Waals surface area contributed by atoms with Gasteiger partial charge in [-0.1, -0.05) is 45.9 Å². The predicted molar refractivity (Wildman–Crippen MR) is 205 cm³/mol. The van der Waals surface area contributed by atoms with Crippen molar-refractivity contribution in [2.24, 2.45) is 11.3 Å². The number of likely N-dealkylation sites (N-methyl/N-ethyl adjacent to an activating group) is 1. The van der Waals surface area contributed by atoms with Gasteiger partial charge in [-0.2, -0.15) is 0 Å². The number of rotatable bonds is 10. The van der Waals surface area contributed by atoms with E-state index in [1.807, 2.05) is 6.79 Å². The monoisotopic (exact) mass is 789 g/mol. The molecule has 0 spiro atoms. The Labute approximate surface area is 329 Å². The molecule has 3 unspecified atom stereocenters. The molecule has 3 N–H and O–H groups in total. The van der Waals surface area contributed by atoms with E-state index in [4.69, 9.17) is 23.8 Å². The number of ether oxygens (including phenoxy) is 3. The molecule has 5 amide bonds. The molecule has 0 radical (unpaired) electrons. The molecule has 4 aliphatic rings. The van der Waals surface area contributed by atoms with Crippen molar-refractivity contribution in [1.82, 2.24) is 25.8 Å². The molecule has 16 heteroatoms. The number of hydrogen-bond donors (Lipinski definition) is 3. The van der Waals surface area contributed by atoms with Gasteiger partial charge in [0.15, 0.2) is 0 Å². The van der Waals surface area contributed by atoms with E-state index in [2.05, 4.69) is 29.5 Å². The van der Waals surface area contributed by atoms with Gasteiger partial charge in [0.2, 0.25) is 17.7 Å². The first kappa shape index (κ1) is 47.3. The SMILES string of the molecule is C=CC1C[C@]1(NC(=O)C1C[C@@H](OC(=O)N2Cc3cccc(F)c3C2)CN1C(=O)C(NC(=O)OC1CCCC1)C(C)(C)C)C(=O)NC.C=O.CC=O.CCCOC. The smallest absolute Gasteiger partial charge is 0.410 e. The van der Waals surface area contributed by atoms with E-state index in [1.165, 1.54) is 29.8 Å². The van der Waals surface area contributed by atoms with Crippen molar-refractivity contribution in [2.75, 3.05) is 27.3 Å². The van der Waals surface area contributed by atoms with Crippen LogP contribution in [-0.2, 0) is 51.3 Å². The highest BCUT2D eigenvalue weighted by atomic mass is 19.1. The van der Waals surface area contributed by atoms with Crippen molar-refractivity contribution in [2.45, 2.75) is 122 Å². The van der Waals surface area contributed by atoms with Crippen LogP contribution in [0.4, 0.5) is 14.0 Å². The summed E-state index contributed by atoms with van der Waals surface area (Å²) in [4.78, 5) is 86.5. The lowest BCUT2D eigenvalue weighted by Gasteiger charge is -2.35. The van der Waals surface area contributed by atoms with E-state index in [9.17, 15) is 28.4 Å². The summed E-state index contributed by atoms with van der Waals surface area (Å²) in [6.45, 7) is 15.6. The lowest BCUT2D eigenvalue weighted by Crippen LogP contribution is -2.59. The fraction of sp³-hybridized carbons (Fsp3) is 0.625. The van der Waals surface area contributed by atoms with Crippen molar-refractivity contribution < 1.29 is 52.2 Å². The van der Waals surface area contributed by atoms with E-state index in [1.54, 1.807) is 46.1 Å². The number of fused-ring (bicyclic) bond motifs is 1. The van der Waals surface area contributed by atoms with Gasteiger partial charge < -0.3 is 44.6 Å². The number of hydrogen-bond acceptors (Lipinski definition) is 10. The van der Waals surface area contributed by atoms with Crippen LogP contribution in [0, 0.1) is 17.2 Å². The maximum absolute atomic E-state index is 14.3. The fourth-order valence-corrected chi connectivity index (χ4v) is 6.99. The topological polar surface area (TPSA) is 190 Å². The molecule has 5 rings (SSSR count). The number of aldehydes is 1. The molecule has 2 heterocycles. The molecule has 2 aliphatic heterocycles. The van der Waals surface area contributed by atoms with Crippen LogP contribution < -0.4 is 16.0 Å². The quantitative estimate of drug-likeness (QED) is 0.229. The number of carbonyl (C=O) groups excluding carboxylic acids is 7. The number of benzene rings is 1. The first-order valence-corrected chi connectivity index (χ1v) is 18.9. The molecular weight excluding hydrogens is 729 g/mol. The number of halogens is 1. The molecule has 56 heavy (non-hydrogen) atoms. The zero-order valence-electron chi connectivity index (χ0n) is 33.8. The summed E-state index contributed by atoms with van der Waals surface area (Å²) >= 11 is 0. The van der Waals surface area contributed by atoms with Crippen molar-refractivity contribution in [3.63, 3.8) is 0 Å². The predicted octanol–water partition coefficient (Wildman–Crippen LogP) is 4.20. The van der Waals surface area contributed by atoms with E-state index in [0.29, 0.717) is 17.5 Å². The van der Waals surface area contributed by atoms with Gasteiger partial charge in [-0.25, -0.2) is 14.0 Å². The zero-order chi connectivity index (χ0) is 42.2. The van der Waals surface area contributed by atoms with Gasteiger partial charge >= 0.3 is 12.2 Å². The van der Waals surface area contributed by atoms with Crippen molar-refractivity contribution >= 4 is 43.0 Å². The molecule has 1 aromatic rings. The average molecular weight is 790 g/mol. The maximum atomic E-state index is 14.3. The fourth-order valence-electron chi connectivity index (χ4n) is 6.99. The molecule has 1 saturated heterocycles. The van der Waals surface area contributed by atoms with Crippen LogP contribution in [0.15, 0.2) is 30.9 Å². The minimum Gasteiger partial charge on any atom is -0.446 e. The molecule has 3 fully saturated rings. The number of alkyl carbamates (subject to hydrolysis) is 1. The van der Waals surface area contributed by atoms with Gasteiger partial charge in [-0.15, -0.1) is 6.58 Å². The molecule has 2 saturated carbocycles. The number of likely N-dealkylation sites (tertiary alicyclic amines) is 1. The van der Waals surface area contributed by atoms with Gasteiger partial charge in [-0.3, -0.25) is 19.3 Å². The Bertz CT molecular complexity index is 1530. The van der Waals surface area contributed by atoms with Crippen molar-refractivity contribution in [1.29, 1.82) is 0 Å². The third-order valence-electron chi connectivity index (χ3n) is 9.94. The summed E-state index contributed by atoms with van der Waals surface area (Å²) in [5.41, 5.74) is -0.874. The van der Waals surface area contributed by atoms with Crippen LogP contribution in [0.25, 0.3) is 0 Å². The normalized spacial score (nSPS) is 22.5. The summed E-state index contributed by atoms with van der Waals surface area (Å²) < 4.78 is 30.4. The number of amides is 5. The van der Waals surface area contributed by atoms with Gasteiger partial charge in [-0.05, 0) is 62.5 Å². The van der Waals surface area contributed by atoms with Crippen molar-refractivity contribution in [3.05, 3.63) is 47.8 Å². The van der Waals surface area contributed by atoms with Gasteiger partial charge in [0, 0.05) is 45.2 Å². The standard InChI is InChI=1S/C33H44FN5O7.C4H10O.C2H4O.CH2O/c1-6-20-15-33(20,29(42)35-5)37-27(40)25-14-22(46-31(44)38-16-19-10-9-13-24(34)23(19)18-38)17-39(25)28(41)26(32(2,3)4)36-30(43)45-21-11-7-8-12-21;1-3-4-5-2;1-2-3;1-2/h6,9-10,13,20-22,25-26H,1,7-8,11-12,14-18H2,2-5H3,(H,35,42)(H,36,43)(H,37,40);3-4H2,1-2H3;2H,1H3;1H2/t20?,22-,25?,26?,33-;;;/m1.../s1. The Morgan fingerprint density at radius 1 is 1.07 bits per heavy atom. The summed E-state index contributed by atoms with van der Waals surface area (Å²) in [5.74, 6) is -2.21. The Kier molecular flexibility index (Phi) is 18.6. The highest BCUT2D eigenvalue weighted by molar-refractivity contribution is 5.98. The summed E-state index contributed by atoms with van der Waals surface area (Å²) in [7, 11) is 3.19. The van der Waals surface area contributed by atoms with Crippen LogP contribution in [-0.4, -0.2) is 110 Å². The molecule has 0 bridgehead atoms. The van der Waals surface area contributed by atoms with E-state index in [0.717, 1.165) is 45.0 Å². The van der Waals surface area contributed by atoms with Crippen LogP contribution in [0.5, 0.6) is 0 Å². The van der Waals surface area contributed by atoms with Gasteiger partial charge in [0.05, 0.1) is 13.1 Å². The number of nitrogens with zero attached hydrogens (tertiary/aromatic N) is 2. The lowest BCUT2D eigenvalue weighted by molar-refractivity contribution is -0.143.